The highest BCUT2D eigenvalue weighted by atomic mass is 35.5. The molecule has 0 radical (unpaired) electrons. The number of methoxy groups -OCH3 is 1. The smallest absolute Gasteiger partial charge is 0.178 e. The first-order valence-corrected chi connectivity index (χ1v) is 5.14. The summed E-state index contributed by atoms with van der Waals surface area (Å²) in [6.07, 6.45) is 0. The predicted octanol–water partition coefficient (Wildman–Crippen LogP) is 1.34. The van der Waals surface area contributed by atoms with Crippen LogP contribution in [0.5, 0.6) is 5.75 Å². The van der Waals surface area contributed by atoms with Gasteiger partial charge in [-0.1, -0.05) is 0 Å². The molecular weight excluding hydrogens is 247 g/mol. The molecule has 0 bridgehead atoms. The van der Waals surface area contributed by atoms with Gasteiger partial charge < -0.3 is 16.2 Å². The monoisotopic (exact) mass is 258 g/mol. The number of hydrogen-bond donors (Lipinski definition) is 3. The van der Waals surface area contributed by atoms with E-state index in [-0.39, 0.29) is 34.6 Å². The fourth-order valence-corrected chi connectivity index (χ4v) is 1.28. The summed E-state index contributed by atoms with van der Waals surface area (Å²) in [5, 5.41) is 7.66. The van der Waals surface area contributed by atoms with Gasteiger partial charge in [-0.05, 0) is 12.1 Å². The van der Waals surface area contributed by atoms with Crippen LogP contribution in [0.3, 0.4) is 0 Å². The van der Waals surface area contributed by atoms with E-state index < -0.39 is 5.82 Å². The molecule has 0 aliphatic rings. The lowest BCUT2D eigenvalue weighted by Gasteiger charge is -2.09. The summed E-state index contributed by atoms with van der Waals surface area (Å²) in [7, 11) is 1.29. The molecule has 0 aliphatic carbocycles. The fourth-order valence-electron chi connectivity index (χ4n) is 1.22. The minimum atomic E-state index is -0.601. The van der Waals surface area contributed by atoms with Gasteiger partial charge in [0.1, 0.15) is 5.84 Å². The summed E-state index contributed by atoms with van der Waals surface area (Å²) in [6.45, 7) is 0. The number of nitrogens with zero attached hydrogens (tertiary/aromatic N) is 1. The van der Waals surface area contributed by atoms with Crippen LogP contribution in [0, 0.1) is 11.2 Å². The topological polar surface area (TPSA) is 97.5 Å². The van der Waals surface area contributed by atoms with Gasteiger partial charge in [0.15, 0.2) is 17.4 Å². The van der Waals surface area contributed by atoms with Crippen LogP contribution in [-0.4, -0.2) is 24.7 Å². The van der Waals surface area contributed by atoms with Gasteiger partial charge in [0.05, 0.1) is 18.7 Å². The molecule has 5 N–H and O–H groups in total. The maximum atomic E-state index is 13.3. The molecule has 1 aromatic carbocycles. The molecule has 7 heteroatoms. The molecule has 1 rings (SSSR count). The Kier molecular flexibility index (Phi) is 4.28. The maximum absolute atomic E-state index is 13.3. The number of aliphatic imine (C=N–C) groups is 1. The molecule has 0 amide bonds. The first-order valence-electron chi connectivity index (χ1n) is 4.61. The first kappa shape index (κ1) is 13.2. The van der Waals surface area contributed by atoms with Crippen molar-refractivity contribution < 1.29 is 9.13 Å². The van der Waals surface area contributed by atoms with Crippen molar-refractivity contribution in [3.8, 4) is 5.75 Å². The Bertz CT molecular complexity index is 476. The molecule has 0 unspecified atom stereocenters. The molecule has 92 valence electrons. The number of anilines is 1. The molecule has 0 spiro atoms. The van der Waals surface area contributed by atoms with Gasteiger partial charge >= 0.3 is 0 Å². The van der Waals surface area contributed by atoms with Crippen molar-refractivity contribution in [1.29, 1.82) is 5.41 Å². The van der Waals surface area contributed by atoms with Crippen molar-refractivity contribution in [3.63, 3.8) is 0 Å². The lowest BCUT2D eigenvalue weighted by atomic mass is 10.1. The van der Waals surface area contributed by atoms with Gasteiger partial charge in [0, 0.05) is 5.56 Å². The van der Waals surface area contributed by atoms with Crippen molar-refractivity contribution in [2.75, 3.05) is 18.7 Å². The van der Waals surface area contributed by atoms with Crippen LogP contribution < -0.4 is 16.2 Å². The largest absolute Gasteiger partial charge is 0.492 e. The van der Waals surface area contributed by atoms with Crippen molar-refractivity contribution >= 4 is 29.0 Å². The Morgan fingerprint density at radius 1 is 1.59 bits per heavy atom. The average Bonchev–Trinajstić information content (AvgIpc) is 2.29. The molecule has 17 heavy (non-hydrogen) atoms. The number of rotatable bonds is 3. The summed E-state index contributed by atoms with van der Waals surface area (Å²) in [6, 6.07) is 2.48. The number of hydrogen-bond acceptors (Lipinski definition) is 3. The molecule has 5 nitrogen and oxygen atoms in total. The molecule has 0 atom stereocenters. The van der Waals surface area contributed by atoms with Crippen LogP contribution in [0.25, 0.3) is 0 Å². The Morgan fingerprint density at radius 2 is 2.24 bits per heavy atom. The van der Waals surface area contributed by atoms with Gasteiger partial charge in [0.2, 0.25) is 0 Å². The third kappa shape index (κ3) is 2.85. The number of alkyl halides is 1. The van der Waals surface area contributed by atoms with E-state index in [1.54, 1.807) is 0 Å². The Balaban J connectivity index is 3.20. The third-order valence-electron chi connectivity index (χ3n) is 2.00. The number of nitrogens with two attached hydrogens (primary N) is 2. The number of nitrogens with one attached hydrogen (secondary N) is 1. The van der Waals surface area contributed by atoms with E-state index in [0.29, 0.717) is 0 Å². The zero-order valence-corrected chi connectivity index (χ0v) is 9.88. The van der Waals surface area contributed by atoms with Crippen molar-refractivity contribution in [3.05, 3.63) is 23.5 Å². The minimum Gasteiger partial charge on any atom is -0.492 e. The van der Waals surface area contributed by atoms with Gasteiger partial charge in [-0.2, -0.15) is 0 Å². The van der Waals surface area contributed by atoms with E-state index in [1.165, 1.54) is 13.2 Å². The number of halogens is 2. The van der Waals surface area contributed by atoms with E-state index in [9.17, 15) is 4.39 Å². The molecule has 1 aromatic rings. The summed E-state index contributed by atoms with van der Waals surface area (Å²) in [4.78, 5) is 3.72. The second-order valence-corrected chi connectivity index (χ2v) is 3.39. The maximum Gasteiger partial charge on any atom is 0.178 e. The highest BCUT2D eigenvalue weighted by Crippen LogP contribution is 2.28. The summed E-state index contributed by atoms with van der Waals surface area (Å²) >= 11 is 5.44. The highest BCUT2D eigenvalue weighted by molar-refractivity contribution is 6.29. The summed E-state index contributed by atoms with van der Waals surface area (Å²) in [5.41, 5.74) is 11.3. The van der Waals surface area contributed by atoms with Crippen LogP contribution in [0.4, 0.5) is 10.1 Å². The highest BCUT2D eigenvalue weighted by Gasteiger charge is 2.14. The van der Waals surface area contributed by atoms with Crippen molar-refractivity contribution in [1.82, 2.24) is 0 Å². The molecule has 0 fully saturated rings. The van der Waals surface area contributed by atoms with E-state index >= 15 is 0 Å². The SMILES string of the molecule is COc1c(F)ccc(C(=N)N=C(N)CCl)c1N. The molecule has 0 heterocycles. The number of amidine groups is 2. The van der Waals surface area contributed by atoms with E-state index in [2.05, 4.69) is 4.99 Å². The van der Waals surface area contributed by atoms with Crippen LogP contribution >= 0.6 is 11.6 Å². The number of nitrogen functional groups attached to an aromatic ring is 1. The van der Waals surface area contributed by atoms with Gasteiger partial charge in [-0.3, -0.25) is 5.41 Å². The standard InChI is InChI=1S/C10H12ClFN4O/c1-17-9-6(12)3-2-5(8(9)14)10(15)16-7(13)4-11/h2-3H,4,14H2,1H3,(H3,13,15,16). The molecule has 0 saturated heterocycles. The van der Waals surface area contributed by atoms with Gasteiger partial charge in [-0.25, -0.2) is 9.38 Å². The predicted molar refractivity (Wildman–Crippen MR) is 66.5 cm³/mol. The van der Waals surface area contributed by atoms with Gasteiger partial charge in [0.25, 0.3) is 0 Å². The van der Waals surface area contributed by atoms with Crippen molar-refractivity contribution in [2.45, 2.75) is 0 Å². The first-order chi connectivity index (χ1) is 8.01. The van der Waals surface area contributed by atoms with Crippen LogP contribution in [0.2, 0.25) is 0 Å². The fraction of sp³-hybridized carbons (Fsp3) is 0.200. The molecule has 0 aliphatic heterocycles. The van der Waals surface area contributed by atoms with E-state index in [0.717, 1.165) is 6.07 Å². The molecular formula is C10H12ClFN4O. The van der Waals surface area contributed by atoms with Crippen molar-refractivity contribution in [2.24, 2.45) is 10.7 Å². The zero-order chi connectivity index (χ0) is 13.0. The lowest BCUT2D eigenvalue weighted by Crippen LogP contribution is -2.16. The van der Waals surface area contributed by atoms with E-state index in [4.69, 9.17) is 33.2 Å². The summed E-state index contributed by atoms with van der Waals surface area (Å²) < 4.78 is 18.1. The minimum absolute atomic E-state index is 0.000609. The zero-order valence-electron chi connectivity index (χ0n) is 9.13. The normalized spacial score (nSPS) is 11.4. The molecule has 0 saturated carbocycles. The van der Waals surface area contributed by atoms with Crippen LogP contribution in [0.1, 0.15) is 5.56 Å². The second kappa shape index (κ2) is 5.49. The van der Waals surface area contributed by atoms with Crippen LogP contribution in [-0.2, 0) is 0 Å². The third-order valence-corrected chi connectivity index (χ3v) is 2.27. The van der Waals surface area contributed by atoms with Crippen LogP contribution in [0.15, 0.2) is 17.1 Å². The lowest BCUT2D eigenvalue weighted by molar-refractivity contribution is 0.389. The number of benzene rings is 1. The van der Waals surface area contributed by atoms with Gasteiger partial charge in [-0.15, -0.1) is 11.6 Å². The molecule has 0 aromatic heterocycles. The average molecular weight is 259 g/mol. The summed E-state index contributed by atoms with van der Waals surface area (Å²) in [5.74, 6) is -0.832. The Labute approximate surface area is 103 Å². The number of ether oxygens (including phenoxy) is 1. The Hall–Kier alpha value is -1.82. The quantitative estimate of drug-likeness (QED) is 0.330. The second-order valence-electron chi connectivity index (χ2n) is 3.13. The van der Waals surface area contributed by atoms with E-state index in [1.807, 2.05) is 0 Å². The Morgan fingerprint density at radius 3 is 2.76 bits per heavy atom.